The third kappa shape index (κ3) is 4.65. The van der Waals surface area contributed by atoms with Crippen LogP contribution in [-0.2, 0) is 4.74 Å². The number of fused-ring (bicyclic) bond motifs is 1. The molecule has 1 atom stereocenters. The molecule has 1 saturated heterocycles. The number of aromatic nitrogens is 1. The van der Waals surface area contributed by atoms with Gasteiger partial charge in [0.25, 0.3) is 5.69 Å². The number of hydrogen-bond acceptors (Lipinski definition) is 7. The van der Waals surface area contributed by atoms with E-state index in [-0.39, 0.29) is 11.8 Å². The molecule has 8 nitrogen and oxygen atoms in total. The number of anilines is 1. The van der Waals surface area contributed by atoms with Gasteiger partial charge in [0.05, 0.1) is 15.1 Å². The summed E-state index contributed by atoms with van der Waals surface area (Å²) in [5.74, 6) is 0.337. The summed E-state index contributed by atoms with van der Waals surface area (Å²) < 4.78 is 6.36. The minimum atomic E-state index is -0.491. The highest BCUT2D eigenvalue weighted by molar-refractivity contribution is 7.22. The van der Waals surface area contributed by atoms with Crippen LogP contribution in [0, 0.1) is 16.0 Å². The maximum Gasteiger partial charge on any atom is 0.410 e. The van der Waals surface area contributed by atoms with E-state index in [9.17, 15) is 14.9 Å². The molecule has 0 unspecified atom stereocenters. The Balaban J connectivity index is 1.62. The maximum atomic E-state index is 12.2. The predicted octanol–water partition coefficient (Wildman–Crippen LogP) is 3.90. The van der Waals surface area contributed by atoms with Gasteiger partial charge in [0.1, 0.15) is 5.60 Å². The lowest BCUT2D eigenvalue weighted by Crippen LogP contribution is -2.36. The summed E-state index contributed by atoms with van der Waals surface area (Å²) in [4.78, 5) is 31.0. The Hall–Kier alpha value is -2.42. The summed E-state index contributed by atoms with van der Waals surface area (Å²) in [7, 11) is 1.96. The largest absolute Gasteiger partial charge is 0.444 e. The molecule has 1 aliphatic rings. The lowest BCUT2D eigenvalue weighted by molar-refractivity contribution is -0.384. The van der Waals surface area contributed by atoms with Crippen LogP contribution in [0.15, 0.2) is 18.2 Å². The molecule has 0 bridgehead atoms. The molecule has 1 aromatic carbocycles. The Morgan fingerprint density at radius 1 is 1.48 bits per heavy atom. The first-order valence-electron chi connectivity index (χ1n) is 8.86. The average Bonchev–Trinajstić information content (AvgIpc) is 3.18. The van der Waals surface area contributed by atoms with Gasteiger partial charge in [-0.25, -0.2) is 9.78 Å². The number of carbonyl (C=O) groups excluding carboxylic acids is 1. The maximum absolute atomic E-state index is 12.2. The number of hydrogen-bond donors (Lipinski definition) is 0. The van der Waals surface area contributed by atoms with E-state index in [1.54, 1.807) is 11.0 Å². The van der Waals surface area contributed by atoms with Gasteiger partial charge in [0, 0.05) is 38.8 Å². The fraction of sp³-hybridized carbons (Fsp3) is 0.556. The Labute approximate surface area is 161 Å². The first kappa shape index (κ1) is 19.3. The van der Waals surface area contributed by atoms with Gasteiger partial charge in [-0.3, -0.25) is 10.1 Å². The monoisotopic (exact) mass is 392 g/mol. The summed E-state index contributed by atoms with van der Waals surface area (Å²) in [5.41, 5.74) is 0.193. The van der Waals surface area contributed by atoms with E-state index in [0.29, 0.717) is 24.5 Å². The zero-order valence-corrected chi connectivity index (χ0v) is 16.8. The van der Waals surface area contributed by atoms with E-state index in [0.717, 1.165) is 22.8 Å². The number of nitro groups is 1. The Morgan fingerprint density at radius 3 is 2.89 bits per heavy atom. The van der Waals surface area contributed by atoms with Crippen molar-refractivity contribution in [3.63, 3.8) is 0 Å². The first-order chi connectivity index (χ1) is 12.6. The van der Waals surface area contributed by atoms with Gasteiger partial charge < -0.3 is 14.5 Å². The van der Waals surface area contributed by atoms with E-state index >= 15 is 0 Å². The summed E-state index contributed by atoms with van der Waals surface area (Å²) in [5, 5.41) is 11.7. The van der Waals surface area contributed by atoms with E-state index < -0.39 is 10.5 Å². The molecule has 1 amide bonds. The lowest BCUT2D eigenvalue weighted by Gasteiger charge is -2.25. The lowest BCUT2D eigenvalue weighted by atomic mass is 10.1. The smallest absolute Gasteiger partial charge is 0.410 e. The Morgan fingerprint density at radius 2 is 2.22 bits per heavy atom. The molecule has 3 rings (SSSR count). The second kappa shape index (κ2) is 7.30. The summed E-state index contributed by atoms with van der Waals surface area (Å²) in [6.07, 6.45) is 0.653. The van der Waals surface area contributed by atoms with E-state index in [2.05, 4.69) is 9.88 Å². The van der Waals surface area contributed by atoms with Gasteiger partial charge in [0.15, 0.2) is 5.13 Å². The number of rotatable bonds is 4. The molecule has 0 spiro atoms. The van der Waals surface area contributed by atoms with Crippen LogP contribution >= 0.6 is 11.3 Å². The standard InChI is InChI=1S/C18H24N4O4S/c1-18(2,3)26-17(23)21-8-7-12(11-21)10-20(4)16-19-14-9-13(22(24)25)5-6-15(14)27-16/h5-6,9,12H,7-8,10-11H2,1-4H3/t12-/m1/s1. The highest BCUT2D eigenvalue weighted by Gasteiger charge is 2.30. The minimum Gasteiger partial charge on any atom is -0.444 e. The van der Waals surface area contributed by atoms with E-state index in [4.69, 9.17) is 4.74 Å². The molecule has 1 fully saturated rings. The fourth-order valence-corrected chi connectivity index (χ4v) is 4.04. The second-order valence-corrected chi connectivity index (χ2v) is 8.88. The number of thiazole rings is 1. The zero-order chi connectivity index (χ0) is 19.8. The number of nitro benzene ring substituents is 1. The topological polar surface area (TPSA) is 88.8 Å². The third-order valence-electron chi connectivity index (χ3n) is 4.37. The summed E-state index contributed by atoms with van der Waals surface area (Å²) in [6.45, 7) is 7.72. The predicted molar refractivity (Wildman–Crippen MR) is 105 cm³/mol. The SMILES string of the molecule is CN(C[C@H]1CCN(C(=O)OC(C)(C)C)C1)c1nc2cc([N+](=O)[O-])ccc2s1. The van der Waals surface area contributed by atoms with Gasteiger partial charge in [-0.1, -0.05) is 11.3 Å². The van der Waals surface area contributed by atoms with Crippen molar-refractivity contribution >= 4 is 38.5 Å². The number of ether oxygens (including phenoxy) is 1. The number of amides is 1. The van der Waals surface area contributed by atoms with Crippen molar-refractivity contribution in [3.05, 3.63) is 28.3 Å². The molecule has 1 aliphatic heterocycles. The quantitative estimate of drug-likeness (QED) is 0.579. The van der Waals surface area contributed by atoms with Gasteiger partial charge >= 0.3 is 6.09 Å². The molecule has 27 heavy (non-hydrogen) atoms. The molecule has 1 aromatic heterocycles. The van der Waals surface area contributed by atoms with Gasteiger partial charge in [-0.15, -0.1) is 0 Å². The Bertz CT molecular complexity index is 861. The van der Waals surface area contributed by atoms with Crippen LogP contribution in [-0.4, -0.2) is 53.2 Å². The van der Waals surface area contributed by atoms with Crippen molar-refractivity contribution in [3.8, 4) is 0 Å². The molecule has 2 heterocycles. The zero-order valence-electron chi connectivity index (χ0n) is 16.0. The van der Waals surface area contributed by atoms with Crippen molar-refractivity contribution in [1.29, 1.82) is 0 Å². The third-order valence-corrected chi connectivity index (χ3v) is 5.52. The number of benzene rings is 1. The number of carbonyl (C=O) groups is 1. The number of non-ortho nitro benzene ring substituents is 1. The van der Waals surface area contributed by atoms with E-state index in [1.165, 1.54) is 23.5 Å². The molecule has 0 aliphatic carbocycles. The summed E-state index contributed by atoms with van der Waals surface area (Å²) in [6, 6.07) is 4.74. The number of nitrogens with zero attached hydrogens (tertiary/aromatic N) is 4. The number of likely N-dealkylation sites (tertiary alicyclic amines) is 1. The molecule has 0 N–H and O–H groups in total. The van der Waals surface area contributed by atoms with Crippen LogP contribution in [0.3, 0.4) is 0 Å². The molecular weight excluding hydrogens is 368 g/mol. The van der Waals surface area contributed by atoms with Crippen LogP contribution in [0.1, 0.15) is 27.2 Å². The molecule has 0 saturated carbocycles. The van der Waals surface area contributed by atoms with Crippen molar-refractivity contribution in [2.45, 2.75) is 32.8 Å². The van der Waals surface area contributed by atoms with Crippen molar-refractivity contribution in [2.75, 3.05) is 31.6 Å². The Kier molecular flexibility index (Phi) is 5.23. The van der Waals surface area contributed by atoms with Crippen LogP contribution in [0.2, 0.25) is 0 Å². The molecular formula is C18H24N4O4S. The van der Waals surface area contributed by atoms with Crippen LogP contribution in [0.4, 0.5) is 15.6 Å². The fourth-order valence-electron chi connectivity index (χ4n) is 3.12. The molecule has 2 aromatic rings. The van der Waals surface area contributed by atoms with Gasteiger partial charge in [-0.05, 0) is 39.2 Å². The van der Waals surface area contributed by atoms with Crippen LogP contribution < -0.4 is 4.90 Å². The highest BCUT2D eigenvalue weighted by atomic mass is 32.1. The van der Waals surface area contributed by atoms with Gasteiger partial charge in [-0.2, -0.15) is 0 Å². The second-order valence-electron chi connectivity index (χ2n) is 7.87. The first-order valence-corrected chi connectivity index (χ1v) is 9.68. The highest BCUT2D eigenvalue weighted by Crippen LogP contribution is 2.31. The van der Waals surface area contributed by atoms with E-state index in [1.807, 2.05) is 27.8 Å². The molecule has 0 radical (unpaired) electrons. The van der Waals surface area contributed by atoms with Crippen LogP contribution in [0.25, 0.3) is 10.2 Å². The van der Waals surface area contributed by atoms with Gasteiger partial charge in [0.2, 0.25) is 0 Å². The summed E-state index contributed by atoms with van der Waals surface area (Å²) >= 11 is 1.51. The van der Waals surface area contributed by atoms with Crippen molar-refractivity contribution in [2.24, 2.45) is 5.92 Å². The molecule has 9 heteroatoms. The van der Waals surface area contributed by atoms with Crippen molar-refractivity contribution in [1.82, 2.24) is 9.88 Å². The minimum absolute atomic E-state index is 0.0470. The van der Waals surface area contributed by atoms with Crippen LogP contribution in [0.5, 0.6) is 0 Å². The normalized spacial score (nSPS) is 17.3. The average molecular weight is 392 g/mol. The van der Waals surface area contributed by atoms with Crippen molar-refractivity contribution < 1.29 is 14.5 Å². The molecule has 146 valence electrons.